The lowest BCUT2D eigenvalue weighted by Gasteiger charge is -2.30. The van der Waals surface area contributed by atoms with E-state index in [0.717, 1.165) is 38.8 Å². The molecule has 1 aromatic carbocycles. The molecule has 3 rings (SSSR count). The van der Waals surface area contributed by atoms with Gasteiger partial charge in [-0.15, -0.1) is 0 Å². The number of unbranched alkanes of at least 4 members (excludes halogenated alkanes) is 1. The Morgan fingerprint density at radius 1 is 1.12 bits per heavy atom. The van der Waals surface area contributed by atoms with Crippen molar-refractivity contribution in [2.75, 3.05) is 39.3 Å². The van der Waals surface area contributed by atoms with Gasteiger partial charge < -0.3 is 9.64 Å². The molecular weight excluding hydrogens is 422 g/mol. The van der Waals surface area contributed by atoms with Crippen molar-refractivity contribution in [1.82, 2.24) is 14.7 Å². The van der Waals surface area contributed by atoms with Crippen molar-refractivity contribution in [3.05, 3.63) is 34.9 Å². The van der Waals surface area contributed by atoms with E-state index >= 15 is 0 Å². The smallest absolute Gasteiger partial charge is 0.307 e. The molecule has 33 heavy (non-hydrogen) atoms. The van der Waals surface area contributed by atoms with Gasteiger partial charge in [0.25, 0.3) is 17.7 Å². The summed E-state index contributed by atoms with van der Waals surface area (Å²) in [5, 5.41) is 0. The van der Waals surface area contributed by atoms with Gasteiger partial charge in [0.15, 0.2) is 0 Å². The molecule has 0 bridgehead atoms. The number of likely N-dealkylation sites (N-methyl/N-ethyl adjacent to an activating group) is 1. The Morgan fingerprint density at radius 3 is 2.58 bits per heavy atom. The van der Waals surface area contributed by atoms with Gasteiger partial charge in [-0.2, -0.15) is 0 Å². The maximum Gasteiger partial charge on any atom is 0.307 e. The summed E-state index contributed by atoms with van der Waals surface area (Å²) in [4.78, 5) is 56.2. The first kappa shape index (κ1) is 24.9. The lowest BCUT2D eigenvalue weighted by Crippen LogP contribution is -2.44. The summed E-state index contributed by atoms with van der Waals surface area (Å²) in [5.74, 6) is -1.22. The van der Waals surface area contributed by atoms with Gasteiger partial charge in [0, 0.05) is 31.2 Å². The van der Waals surface area contributed by atoms with Crippen molar-refractivity contribution < 1.29 is 23.9 Å². The van der Waals surface area contributed by atoms with Crippen molar-refractivity contribution in [3.8, 4) is 0 Å². The molecule has 1 saturated heterocycles. The normalized spacial score (nSPS) is 18.0. The Hall–Kier alpha value is -2.74. The van der Waals surface area contributed by atoms with Crippen LogP contribution >= 0.6 is 0 Å². The van der Waals surface area contributed by atoms with Crippen LogP contribution in [0.3, 0.4) is 0 Å². The molecule has 180 valence electrons. The van der Waals surface area contributed by atoms with E-state index in [9.17, 15) is 19.2 Å². The Balaban J connectivity index is 1.80. The Kier molecular flexibility index (Phi) is 8.61. The van der Waals surface area contributed by atoms with Crippen LogP contribution in [0.25, 0.3) is 0 Å². The average molecular weight is 458 g/mol. The summed E-state index contributed by atoms with van der Waals surface area (Å²) in [7, 11) is 0. The highest BCUT2D eigenvalue weighted by Gasteiger charge is 2.36. The lowest BCUT2D eigenvalue weighted by atomic mass is 10.0. The van der Waals surface area contributed by atoms with Gasteiger partial charge in [-0.05, 0) is 57.5 Å². The van der Waals surface area contributed by atoms with Crippen molar-refractivity contribution in [2.24, 2.45) is 0 Å². The fourth-order valence-electron chi connectivity index (χ4n) is 4.63. The molecule has 2 aliphatic heterocycles. The number of ether oxygens (including phenoxy) is 1. The van der Waals surface area contributed by atoms with Crippen molar-refractivity contribution in [1.29, 1.82) is 0 Å². The second kappa shape index (κ2) is 11.4. The molecule has 1 aromatic rings. The number of likely N-dealkylation sites (tertiary alicyclic amines) is 1. The van der Waals surface area contributed by atoms with E-state index < -0.39 is 0 Å². The number of fused-ring (bicyclic) bond motifs is 1. The summed E-state index contributed by atoms with van der Waals surface area (Å²) in [5.41, 5.74) is 0.985. The van der Waals surface area contributed by atoms with Gasteiger partial charge in [0.05, 0.1) is 24.2 Å². The standard InChI is InChI=1S/C25H35N3O5/c1-4-7-14-28-24(31)20-11-10-18(16-21(20)25(28)32)23(30)27(15-12-22(29)33-6-3)17-19-9-8-13-26(19)5-2/h10-11,16,19H,4-9,12-15,17H2,1-3H3. The molecule has 2 aliphatic rings. The van der Waals surface area contributed by atoms with Crippen LogP contribution in [0.1, 0.15) is 83.9 Å². The van der Waals surface area contributed by atoms with E-state index in [4.69, 9.17) is 4.74 Å². The number of hydrogen-bond acceptors (Lipinski definition) is 6. The number of hydrogen-bond donors (Lipinski definition) is 0. The predicted octanol–water partition coefficient (Wildman–Crippen LogP) is 2.96. The molecular formula is C25H35N3O5. The van der Waals surface area contributed by atoms with E-state index in [1.807, 2.05) is 6.92 Å². The zero-order valence-electron chi connectivity index (χ0n) is 20.0. The second-order valence-electron chi connectivity index (χ2n) is 8.61. The van der Waals surface area contributed by atoms with E-state index in [-0.39, 0.29) is 48.3 Å². The minimum Gasteiger partial charge on any atom is -0.466 e. The van der Waals surface area contributed by atoms with Gasteiger partial charge in [0.2, 0.25) is 0 Å². The molecule has 8 heteroatoms. The van der Waals surface area contributed by atoms with Crippen LogP contribution in [0.15, 0.2) is 18.2 Å². The molecule has 0 N–H and O–H groups in total. The highest BCUT2D eigenvalue weighted by atomic mass is 16.5. The number of carbonyl (C=O) groups excluding carboxylic acids is 4. The number of amides is 3. The third-order valence-corrected chi connectivity index (χ3v) is 6.47. The third kappa shape index (κ3) is 5.61. The SMILES string of the molecule is CCCCN1C(=O)c2ccc(C(=O)N(CCC(=O)OCC)CC3CCCN3CC)cc2C1=O. The molecule has 0 radical (unpaired) electrons. The second-order valence-corrected chi connectivity index (χ2v) is 8.61. The summed E-state index contributed by atoms with van der Waals surface area (Å²) >= 11 is 0. The summed E-state index contributed by atoms with van der Waals surface area (Å²) in [6.07, 6.45) is 3.82. The molecule has 1 atom stereocenters. The Morgan fingerprint density at radius 2 is 1.88 bits per heavy atom. The molecule has 0 aliphatic carbocycles. The number of nitrogens with zero attached hydrogens (tertiary/aromatic N) is 3. The zero-order chi connectivity index (χ0) is 24.0. The number of rotatable bonds is 11. The van der Waals surface area contributed by atoms with E-state index in [1.165, 1.54) is 11.0 Å². The molecule has 1 fully saturated rings. The van der Waals surface area contributed by atoms with Crippen LogP contribution in [-0.4, -0.2) is 83.8 Å². The van der Waals surface area contributed by atoms with Crippen LogP contribution in [0.5, 0.6) is 0 Å². The number of carbonyl (C=O) groups is 4. The van der Waals surface area contributed by atoms with Crippen LogP contribution in [0, 0.1) is 0 Å². The molecule has 0 saturated carbocycles. The highest BCUT2D eigenvalue weighted by Crippen LogP contribution is 2.26. The Labute approximate surface area is 195 Å². The van der Waals surface area contributed by atoms with Crippen LogP contribution in [-0.2, 0) is 9.53 Å². The summed E-state index contributed by atoms with van der Waals surface area (Å²) < 4.78 is 5.05. The first-order valence-electron chi connectivity index (χ1n) is 12.1. The first-order valence-corrected chi connectivity index (χ1v) is 12.1. The van der Waals surface area contributed by atoms with Crippen molar-refractivity contribution in [2.45, 2.75) is 58.9 Å². The van der Waals surface area contributed by atoms with E-state index in [2.05, 4.69) is 11.8 Å². The topological polar surface area (TPSA) is 87.2 Å². The molecule has 2 heterocycles. The van der Waals surface area contributed by atoms with Crippen molar-refractivity contribution >= 4 is 23.7 Å². The largest absolute Gasteiger partial charge is 0.466 e. The van der Waals surface area contributed by atoms with Gasteiger partial charge in [-0.3, -0.25) is 29.0 Å². The first-order chi connectivity index (χ1) is 15.9. The molecule has 0 aromatic heterocycles. The van der Waals surface area contributed by atoms with Gasteiger partial charge in [-0.25, -0.2) is 0 Å². The van der Waals surface area contributed by atoms with Gasteiger partial charge >= 0.3 is 5.97 Å². The molecule has 8 nitrogen and oxygen atoms in total. The predicted molar refractivity (Wildman–Crippen MR) is 124 cm³/mol. The van der Waals surface area contributed by atoms with Crippen LogP contribution < -0.4 is 0 Å². The minimum atomic E-state index is -0.343. The zero-order valence-corrected chi connectivity index (χ0v) is 20.0. The number of esters is 1. The van der Waals surface area contributed by atoms with E-state index in [0.29, 0.717) is 30.8 Å². The minimum absolute atomic E-state index is 0.117. The van der Waals surface area contributed by atoms with Crippen molar-refractivity contribution in [3.63, 3.8) is 0 Å². The lowest BCUT2D eigenvalue weighted by molar-refractivity contribution is -0.143. The average Bonchev–Trinajstić information content (AvgIpc) is 3.36. The van der Waals surface area contributed by atoms with E-state index in [1.54, 1.807) is 24.0 Å². The monoisotopic (exact) mass is 457 g/mol. The maximum atomic E-state index is 13.5. The number of imide groups is 1. The van der Waals surface area contributed by atoms with Crippen LogP contribution in [0.4, 0.5) is 0 Å². The molecule has 0 spiro atoms. The summed E-state index contributed by atoms with van der Waals surface area (Å²) in [6.45, 7) is 9.22. The molecule has 1 unspecified atom stereocenters. The highest BCUT2D eigenvalue weighted by molar-refractivity contribution is 6.22. The maximum absolute atomic E-state index is 13.5. The number of benzene rings is 1. The Bertz CT molecular complexity index is 900. The summed E-state index contributed by atoms with van der Waals surface area (Å²) in [6, 6.07) is 4.96. The van der Waals surface area contributed by atoms with Gasteiger partial charge in [0.1, 0.15) is 0 Å². The fraction of sp³-hybridized carbons (Fsp3) is 0.600. The fourth-order valence-corrected chi connectivity index (χ4v) is 4.63. The molecule has 3 amide bonds. The van der Waals surface area contributed by atoms with Gasteiger partial charge in [-0.1, -0.05) is 20.3 Å². The third-order valence-electron chi connectivity index (χ3n) is 6.47. The quantitative estimate of drug-likeness (QED) is 0.375. The van der Waals surface area contributed by atoms with Crippen LogP contribution in [0.2, 0.25) is 0 Å².